The van der Waals surface area contributed by atoms with E-state index in [0.717, 1.165) is 36.4 Å². The second-order valence-electron chi connectivity index (χ2n) is 5.55. The van der Waals surface area contributed by atoms with Gasteiger partial charge in [0.15, 0.2) is 0 Å². The van der Waals surface area contributed by atoms with Crippen molar-refractivity contribution in [2.75, 3.05) is 0 Å². The van der Waals surface area contributed by atoms with Crippen LogP contribution in [0, 0.1) is 12.7 Å². The summed E-state index contributed by atoms with van der Waals surface area (Å²) in [5.41, 5.74) is 0.943. The molecule has 1 heterocycles. The van der Waals surface area contributed by atoms with Gasteiger partial charge in [-0.2, -0.15) is 0 Å². The molecule has 0 saturated heterocycles. The van der Waals surface area contributed by atoms with Gasteiger partial charge < -0.3 is 5.32 Å². The van der Waals surface area contributed by atoms with Crippen molar-refractivity contribution in [1.29, 1.82) is 0 Å². The predicted molar refractivity (Wildman–Crippen MR) is 80.9 cm³/mol. The molecule has 1 saturated carbocycles. The van der Waals surface area contributed by atoms with Crippen LogP contribution in [0.5, 0.6) is 0 Å². The van der Waals surface area contributed by atoms with Crippen molar-refractivity contribution < 1.29 is 9.18 Å². The summed E-state index contributed by atoms with van der Waals surface area (Å²) in [4.78, 5) is 17.0. The van der Waals surface area contributed by atoms with Gasteiger partial charge in [0.1, 0.15) is 10.8 Å². The number of carbonyl (C=O) groups is 1. The number of halogens is 1. The van der Waals surface area contributed by atoms with Gasteiger partial charge in [-0.05, 0) is 38.0 Å². The number of hydrogen-bond acceptors (Lipinski definition) is 3. The highest BCUT2D eigenvalue weighted by Crippen LogP contribution is 2.40. The van der Waals surface area contributed by atoms with E-state index in [4.69, 9.17) is 0 Å². The Morgan fingerprint density at radius 1 is 1.38 bits per heavy atom. The largest absolute Gasteiger partial charge is 0.340 e. The van der Waals surface area contributed by atoms with Crippen LogP contribution >= 0.6 is 11.3 Å². The van der Waals surface area contributed by atoms with Crippen LogP contribution in [0.4, 0.5) is 4.39 Å². The van der Waals surface area contributed by atoms with E-state index in [1.54, 1.807) is 23.5 Å². The highest BCUT2D eigenvalue weighted by molar-refractivity contribution is 7.09. The van der Waals surface area contributed by atoms with Gasteiger partial charge in [0.2, 0.25) is 0 Å². The Morgan fingerprint density at radius 2 is 2.14 bits per heavy atom. The van der Waals surface area contributed by atoms with Crippen LogP contribution in [0.15, 0.2) is 29.6 Å². The summed E-state index contributed by atoms with van der Waals surface area (Å²) < 4.78 is 13.3. The molecule has 0 spiro atoms. The zero-order valence-electron chi connectivity index (χ0n) is 11.9. The van der Waals surface area contributed by atoms with E-state index in [0.29, 0.717) is 5.56 Å². The number of aromatic nitrogens is 1. The van der Waals surface area contributed by atoms with Crippen molar-refractivity contribution in [3.8, 4) is 0 Å². The summed E-state index contributed by atoms with van der Waals surface area (Å²) in [5.74, 6) is -0.627. The van der Waals surface area contributed by atoms with Gasteiger partial charge in [0, 0.05) is 16.6 Å². The molecular weight excluding hydrogens is 287 g/mol. The van der Waals surface area contributed by atoms with E-state index < -0.39 is 5.82 Å². The molecule has 3 nitrogen and oxygen atoms in total. The number of hydrogen-bond donors (Lipinski definition) is 1. The first kappa shape index (κ1) is 14.2. The molecular formula is C16H17FN2OS. The molecule has 5 heteroatoms. The number of benzene rings is 1. The van der Waals surface area contributed by atoms with Crippen LogP contribution in [-0.4, -0.2) is 10.9 Å². The van der Waals surface area contributed by atoms with Gasteiger partial charge >= 0.3 is 0 Å². The number of carbonyl (C=O) groups excluding carboxylic acids is 1. The summed E-state index contributed by atoms with van der Waals surface area (Å²) in [6, 6.07) is 5.80. The SMILES string of the molecule is Cc1csc(C2(NC(=O)c3cccc(F)c3)CCCC2)n1. The topological polar surface area (TPSA) is 42.0 Å². The summed E-state index contributed by atoms with van der Waals surface area (Å²) in [6.07, 6.45) is 3.92. The molecule has 1 aliphatic rings. The van der Waals surface area contributed by atoms with E-state index in [2.05, 4.69) is 10.3 Å². The van der Waals surface area contributed by atoms with Gasteiger partial charge in [-0.3, -0.25) is 4.79 Å². The Morgan fingerprint density at radius 3 is 2.76 bits per heavy atom. The first-order valence-electron chi connectivity index (χ1n) is 7.10. The third-order valence-electron chi connectivity index (χ3n) is 3.93. The number of nitrogens with zero attached hydrogens (tertiary/aromatic N) is 1. The van der Waals surface area contributed by atoms with Gasteiger partial charge in [-0.25, -0.2) is 9.37 Å². The van der Waals surface area contributed by atoms with E-state index in [1.165, 1.54) is 12.1 Å². The van der Waals surface area contributed by atoms with E-state index in [1.807, 2.05) is 12.3 Å². The molecule has 21 heavy (non-hydrogen) atoms. The molecule has 1 aromatic heterocycles. The lowest BCUT2D eigenvalue weighted by molar-refractivity contribution is 0.0897. The van der Waals surface area contributed by atoms with Crippen LogP contribution in [0.1, 0.15) is 46.7 Å². The van der Waals surface area contributed by atoms with Crippen molar-refractivity contribution in [1.82, 2.24) is 10.3 Å². The molecule has 0 radical (unpaired) electrons. The van der Waals surface area contributed by atoms with Crippen LogP contribution in [0.25, 0.3) is 0 Å². The molecule has 0 atom stereocenters. The standard InChI is InChI=1S/C16H17FN2OS/c1-11-10-21-15(18-11)16(7-2-3-8-16)19-14(20)12-5-4-6-13(17)9-12/h4-6,9-10H,2-3,7-8H2,1H3,(H,19,20). The Balaban J connectivity index is 1.87. The van der Waals surface area contributed by atoms with Gasteiger partial charge in [0.25, 0.3) is 5.91 Å². The lowest BCUT2D eigenvalue weighted by Crippen LogP contribution is -2.43. The summed E-state index contributed by atoms with van der Waals surface area (Å²) in [5, 5.41) is 6.07. The molecule has 0 aliphatic heterocycles. The van der Waals surface area contributed by atoms with Crippen molar-refractivity contribution in [2.24, 2.45) is 0 Å². The molecule has 3 rings (SSSR count). The van der Waals surface area contributed by atoms with E-state index >= 15 is 0 Å². The second-order valence-corrected chi connectivity index (χ2v) is 6.41. The van der Waals surface area contributed by atoms with Crippen molar-refractivity contribution in [3.05, 3.63) is 51.7 Å². The average molecular weight is 304 g/mol. The first-order chi connectivity index (χ1) is 10.1. The monoisotopic (exact) mass is 304 g/mol. The Bertz CT molecular complexity index is 662. The van der Waals surface area contributed by atoms with Crippen LogP contribution in [0.3, 0.4) is 0 Å². The zero-order valence-corrected chi connectivity index (χ0v) is 12.7. The highest BCUT2D eigenvalue weighted by atomic mass is 32.1. The number of amides is 1. The molecule has 1 N–H and O–H groups in total. The van der Waals surface area contributed by atoms with Crippen molar-refractivity contribution in [3.63, 3.8) is 0 Å². The fourth-order valence-corrected chi connectivity index (χ4v) is 3.88. The van der Waals surface area contributed by atoms with Crippen molar-refractivity contribution in [2.45, 2.75) is 38.1 Å². The Kier molecular flexibility index (Phi) is 3.76. The minimum atomic E-state index is -0.395. The predicted octanol–water partition coefficient (Wildman–Crippen LogP) is 3.79. The maximum atomic E-state index is 13.3. The molecule has 1 aliphatic carbocycles. The summed E-state index contributed by atoms with van der Waals surface area (Å²) in [7, 11) is 0. The molecule has 0 bridgehead atoms. The summed E-state index contributed by atoms with van der Waals surface area (Å²) >= 11 is 1.59. The number of aryl methyl sites for hydroxylation is 1. The number of nitrogens with one attached hydrogen (secondary N) is 1. The zero-order chi connectivity index (χ0) is 14.9. The smallest absolute Gasteiger partial charge is 0.252 e. The fraction of sp³-hybridized carbons (Fsp3) is 0.375. The molecule has 0 unspecified atom stereocenters. The average Bonchev–Trinajstić information content (AvgIpc) is 3.09. The maximum absolute atomic E-state index is 13.3. The normalized spacial score (nSPS) is 16.9. The minimum Gasteiger partial charge on any atom is -0.340 e. The van der Waals surface area contributed by atoms with Gasteiger partial charge in [0.05, 0.1) is 5.54 Å². The third-order valence-corrected chi connectivity index (χ3v) is 5.09. The first-order valence-corrected chi connectivity index (χ1v) is 7.98. The fourth-order valence-electron chi connectivity index (χ4n) is 2.86. The highest BCUT2D eigenvalue weighted by Gasteiger charge is 2.39. The van der Waals surface area contributed by atoms with Gasteiger partial charge in [-0.1, -0.05) is 18.9 Å². The van der Waals surface area contributed by atoms with Crippen LogP contribution in [-0.2, 0) is 5.54 Å². The lowest BCUT2D eigenvalue weighted by Gasteiger charge is -2.28. The van der Waals surface area contributed by atoms with Crippen LogP contribution < -0.4 is 5.32 Å². The third kappa shape index (κ3) is 2.83. The Hall–Kier alpha value is -1.75. The second kappa shape index (κ2) is 5.56. The van der Waals surface area contributed by atoms with Crippen LogP contribution in [0.2, 0.25) is 0 Å². The van der Waals surface area contributed by atoms with E-state index in [-0.39, 0.29) is 11.4 Å². The lowest BCUT2D eigenvalue weighted by atomic mass is 9.97. The van der Waals surface area contributed by atoms with E-state index in [9.17, 15) is 9.18 Å². The van der Waals surface area contributed by atoms with Crippen molar-refractivity contribution >= 4 is 17.2 Å². The molecule has 1 amide bonds. The maximum Gasteiger partial charge on any atom is 0.252 e. The quantitative estimate of drug-likeness (QED) is 0.937. The molecule has 110 valence electrons. The minimum absolute atomic E-state index is 0.232. The summed E-state index contributed by atoms with van der Waals surface area (Å²) in [6.45, 7) is 1.96. The van der Waals surface area contributed by atoms with Gasteiger partial charge in [-0.15, -0.1) is 11.3 Å². The number of rotatable bonds is 3. The Labute approximate surface area is 127 Å². The number of thiazole rings is 1. The molecule has 2 aromatic rings. The molecule has 1 aromatic carbocycles. The molecule has 1 fully saturated rings.